The lowest BCUT2D eigenvalue weighted by Gasteiger charge is -2.15. The number of benzene rings is 3. The lowest BCUT2D eigenvalue weighted by Crippen LogP contribution is -2.12. The van der Waals surface area contributed by atoms with Crippen LogP contribution in [0.25, 0.3) is 0 Å². The van der Waals surface area contributed by atoms with Crippen LogP contribution in [0.2, 0.25) is 0 Å². The fourth-order valence-electron chi connectivity index (χ4n) is 2.66. The predicted octanol–water partition coefficient (Wildman–Crippen LogP) is 4.21. The molecular weight excluding hydrogens is 316 g/mol. The summed E-state index contributed by atoms with van der Waals surface area (Å²) in [6.45, 7) is 0. The smallest absolute Gasteiger partial charge is 0.343 e. The summed E-state index contributed by atoms with van der Waals surface area (Å²) in [6.07, 6.45) is 0.442. The molecule has 3 aromatic rings. The Morgan fingerprint density at radius 3 is 2.20 bits per heavy atom. The Morgan fingerprint density at radius 2 is 1.56 bits per heavy atom. The largest absolute Gasteiger partial charge is 0.504 e. The molecule has 126 valence electrons. The number of para-hydroxylation sites is 1. The monoisotopic (exact) mass is 334 g/mol. The molecule has 3 rings (SSSR count). The summed E-state index contributed by atoms with van der Waals surface area (Å²) in [5, 5.41) is 10.1. The number of esters is 1. The summed E-state index contributed by atoms with van der Waals surface area (Å²) in [4.78, 5) is 12.6. The number of phenols is 1. The highest BCUT2D eigenvalue weighted by Crippen LogP contribution is 2.34. The summed E-state index contributed by atoms with van der Waals surface area (Å²) >= 11 is 0. The van der Waals surface area contributed by atoms with E-state index in [1.54, 1.807) is 30.3 Å². The van der Waals surface area contributed by atoms with Gasteiger partial charge in [-0.2, -0.15) is 0 Å². The van der Waals surface area contributed by atoms with Crippen molar-refractivity contribution in [2.24, 2.45) is 0 Å². The van der Waals surface area contributed by atoms with Gasteiger partial charge in [0.05, 0.1) is 12.7 Å². The molecule has 1 N–H and O–H groups in total. The third-order valence-electron chi connectivity index (χ3n) is 3.84. The first-order valence-electron chi connectivity index (χ1n) is 7.89. The molecule has 0 bridgehead atoms. The number of ether oxygens (including phenoxy) is 2. The predicted molar refractivity (Wildman–Crippen MR) is 95.3 cm³/mol. The minimum absolute atomic E-state index is 0.00954. The Kier molecular flexibility index (Phi) is 5.00. The van der Waals surface area contributed by atoms with Crippen molar-refractivity contribution in [3.05, 3.63) is 89.5 Å². The maximum atomic E-state index is 12.6. The molecule has 0 aromatic heterocycles. The first-order valence-corrected chi connectivity index (χ1v) is 7.89. The van der Waals surface area contributed by atoms with Crippen molar-refractivity contribution in [3.63, 3.8) is 0 Å². The molecule has 0 aliphatic rings. The summed E-state index contributed by atoms with van der Waals surface area (Å²) in [6, 6.07) is 21.5. The van der Waals surface area contributed by atoms with E-state index < -0.39 is 5.97 Å². The number of methoxy groups -OCH3 is 1. The van der Waals surface area contributed by atoms with E-state index in [-0.39, 0.29) is 11.5 Å². The lowest BCUT2D eigenvalue weighted by molar-refractivity contribution is 0.0733. The normalized spacial score (nSPS) is 10.3. The van der Waals surface area contributed by atoms with E-state index in [4.69, 9.17) is 9.47 Å². The van der Waals surface area contributed by atoms with Crippen LogP contribution >= 0.6 is 0 Å². The quantitative estimate of drug-likeness (QED) is 0.561. The van der Waals surface area contributed by atoms with Crippen LogP contribution in [-0.2, 0) is 6.42 Å². The molecule has 0 aliphatic heterocycles. The molecule has 0 unspecified atom stereocenters. The number of hydrogen-bond acceptors (Lipinski definition) is 4. The Morgan fingerprint density at radius 1 is 0.920 bits per heavy atom. The average Bonchev–Trinajstić information content (AvgIpc) is 2.64. The van der Waals surface area contributed by atoms with Gasteiger partial charge in [0, 0.05) is 12.0 Å². The molecule has 0 amide bonds. The van der Waals surface area contributed by atoms with Crippen LogP contribution < -0.4 is 9.47 Å². The summed E-state index contributed by atoms with van der Waals surface area (Å²) in [5.74, 6) is 0.247. The fourth-order valence-corrected chi connectivity index (χ4v) is 2.66. The van der Waals surface area contributed by atoms with E-state index in [9.17, 15) is 9.90 Å². The fraction of sp³-hybridized carbons (Fsp3) is 0.0952. The molecule has 0 saturated carbocycles. The van der Waals surface area contributed by atoms with E-state index in [1.165, 1.54) is 13.2 Å². The van der Waals surface area contributed by atoms with Crippen molar-refractivity contribution in [1.82, 2.24) is 0 Å². The zero-order chi connectivity index (χ0) is 17.6. The zero-order valence-electron chi connectivity index (χ0n) is 13.8. The molecular formula is C21H18O4. The van der Waals surface area contributed by atoms with Crippen molar-refractivity contribution >= 4 is 5.97 Å². The molecule has 4 nitrogen and oxygen atoms in total. The maximum Gasteiger partial charge on any atom is 0.343 e. The van der Waals surface area contributed by atoms with Gasteiger partial charge in [-0.1, -0.05) is 48.5 Å². The van der Waals surface area contributed by atoms with Gasteiger partial charge in [0.25, 0.3) is 0 Å². The highest BCUT2D eigenvalue weighted by molar-refractivity contribution is 5.94. The molecule has 0 aliphatic carbocycles. The SMILES string of the molecule is COc1c(O)ccc(C(=O)Oc2ccccc2)c1Cc1ccccc1. The van der Waals surface area contributed by atoms with Crippen molar-refractivity contribution in [2.75, 3.05) is 7.11 Å². The lowest BCUT2D eigenvalue weighted by atomic mass is 9.98. The van der Waals surface area contributed by atoms with Crippen molar-refractivity contribution in [1.29, 1.82) is 0 Å². The third kappa shape index (κ3) is 3.80. The maximum absolute atomic E-state index is 12.6. The summed E-state index contributed by atoms with van der Waals surface area (Å²) in [7, 11) is 1.47. The van der Waals surface area contributed by atoms with Crippen LogP contribution in [-0.4, -0.2) is 18.2 Å². The van der Waals surface area contributed by atoms with Crippen molar-refractivity contribution < 1.29 is 19.4 Å². The van der Waals surface area contributed by atoms with Crippen LogP contribution in [0.3, 0.4) is 0 Å². The molecule has 4 heteroatoms. The van der Waals surface area contributed by atoms with Gasteiger partial charge in [0.15, 0.2) is 11.5 Å². The minimum Gasteiger partial charge on any atom is -0.504 e. The van der Waals surface area contributed by atoms with Crippen LogP contribution in [0, 0.1) is 0 Å². The number of aromatic hydroxyl groups is 1. The first kappa shape index (κ1) is 16.6. The van der Waals surface area contributed by atoms with Crippen LogP contribution in [0.5, 0.6) is 17.2 Å². The van der Waals surface area contributed by atoms with E-state index in [2.05, 4.69) is 0 Å². The summed E-state index contributed by atoms with van der Waals surface area (Å²) in [5.41, 5.74) is 1.96. The summed E-state index contributed by atoms with van der Waals surface area (Å²) < 4.78 is 10.8. The van der Waals surface area contributed by atoms with Gasteiger partial charge in [0.1, 0.15) is 5.75 Å². The topological polar surface area (TPSA) is 55.8 Å². The number of rotatable bonds is 5. The van der Waals surface area contributed by atoms with Gasteiger partial charge in [-0.25, -0.2) is 4.79 Å². The molecule has 25 heavy (non-hydrogen) atoms. The average molecular weight is 334 g/mol. The molecule has 3 aromatic carbocycles. The first-order chi connectivity index (χ1) is 12.2. The standard InChI is InChI=1S/C21H18O4/c1-24-20-18(14-15-8-4-2-5-9-15)17(12-13-19(20)22)21(23)25-16-10-6-3-7-11-16/h2-13,22H,14H2,1H3. The van der Waals surface area contributed by atoms with Crippen LogP contribution in [0.4, 0.5) is 0 Å². The molecule has 0 spiro atoms. The number of carbonyl (C=O) groups excluding carboxylic acids is 1. The Labute approximate surface area is 146 Å². The molecule has 0 fully saturated rings. The highest BCUT2D eigenvalue weighted by atomic mass is 16.5. The van der Waals surface area contributed by atoms with Gasteiger partial charge in [-0.15, -0.1) is 0 Å². The second-order valence-electron chi connectivity index (χ2n) is 5.51. The Hall–Kier alpha value is -3.27. The Bertz CT molecular complexity index is 858. The molecule has 0 saturated heterocycles. The number of hydrogen-bond donors (Lipinski definition) is 1. The van der Waals surface area contributed by atoms with E-state index in [0.29, 0.717) is 23.3 Å². The second-order valence-corrected chi connectivity index (χ2v) is 5.51. The van der Waals surface area contributed by atoms with E-state index >= 15 is 0 Å². The van der Waals surface area contributed by atoms with Gasteiger partial charge in [-0.05, 0) is 29.8 Å². The Balaban J connectivity index is 1.99. The highest BCUT2D eigenvalue weighted by Gasteiger charge is 2.20. The third-order valence-corrected chi connectivity index (χ3v) is 3.84. The minimum atomic E-state index is -0.490. The van der Waals surface area contributed by atoms with Gasteiger partial charge >= 0.3 is 5.97 Å². The van der Waals surface area contributed by atoms with Crippen molar-refractivity contribution in [3.8, 4) is 17.2 Å². The number of phenolic OH excluding ortho intramolecular Hbond substituents is 1. The van der Waals surface area contributed by atoms with Gasteiger partial charge < -0.3 is 14.6 Å². The molecule has 0 radical (unpaired) electrons. The number of carbonyl (C=O) groups is 1. The van der Waals surface area contributed by atoms with Crippen LogP contribution in [0.1, 0.15) is 21.5 Å². The van der Waals surface area contributed by atoms with Gasteiger partial charge in [0.2, 0.25) is 0 Å². The zero-order valence-corrected chi connectivity index (χ0v) is 13.8. The van der Waals surface area contributed by atoms with Crippen molar-refractivity contribution in [2.45, 2.75) is 6.42 Å². The van der Waals surface area contributed by atoms with E-state index in [1.807, 2.05) is 36.4 Å². The molecule has 0 heterocycles. The molecule has 0 atom stereocenters. The van der Waals surface area contributed by atoms with Crippen LogP contribution in [0.15, 0.2) is 72.8 Å². The second kappa shape index (κ2) is 7.53. The van der Waals surface area contributed by atoms with E-state index in [0.717, 1.165) is 5.56 Å². The van der Waals surface area contributed by atoms with Gasteiger partial charge in [-0.3, -0.25) is 0 Å².